The number of rotatable bonds is 3. The number of benzene rings is 1. The van der Waals surface area contributed by atoms with Crippen LogP contribution in [0.15, 0.2) is 30.6 Å². The van der Waals surface area contributed by atoms with Gasteiger partial charge in [-0.05, 0) is 79.9 Å². The van der Waals surface area contributed by atoms with E-state index in [0.29, 0.717) is 17.3 Å². The van der Waals surface area contributed by atoms with Crippen molar-refractivity contribution in [2.24, 2.45) is 17.8 Å². The Balaban J connectivity index is 1.49. The van der Waals surface area contributed by atoms with Crippen molar-refractivity contribution in [2.75, 3.05) is 11.9 Å². The average molecular weight is 379 g/mol. The van der Waals surface area contributed by atoms with Gasteiger partial charge in [0.1, 0.15) is 5.75 Å². The number of carboxylic acid groups (broad SMARTS) is 1. The number of phenols is 1. The summed E-state index contributed by atoms with van der Waals surface area (Å²) in [5, 5.41) is 19.8. The summed E-state index contributed by atoms with van der Waals surface area (Å²) in [5.41, 5.74) is 2.45. The molecule has 0 unspecified atom stereocenters. The molecule has 6 nitrogen and oxygen atoms in total. The fraction of sp³-hybridized carbons (Fsp3) is 0.500. The van der Waals surface area contributed by atoms with Crippen molar-refractivity contribution in [1.29, 1.82) is 0 Å². The highest BCUT2D eigenvalue weighted by Gasteiger charge is 2.52. The largest absolute Gasteiger partial charge is 0.508 e. The lowest BCUT2D eigenvalue weighted by Crippen LogP contribution is -2.48. The van der Waals surface area contributed by atoms with E-state index < -0.39 is 6.09 Å². The first-order valence-corrected chi connectivity index (χ1v) is 10.1. The second kappa shape index (κ2) is 6.19. The number of anilines is 1. The summed E-state index contributed by atoms with van der Waals surface area (Å²) in [5.74, 6) is 3.34. The zero-order chi connectivity index (χ0) is 19.5. The highest BCUT2D eigenvalue weighted by atomic mass is 16.4. The molecule has 0 spiro atoms. The van der Waals surface area contributed by atoms with Gasteiger partial charge in [-0.15, -0.1) is 0 Å². The lowest BCUT2D eigenvalue weighted by atomic mass is 9.48. The SMILES string of the molecule is CN(C(=O)O)c1cnc(-c2ccc(O)c(C34CC5CC(CC(C5)C3)C4)c2)nc1. The van der Waals surface area contributed by atoms with Crippen molar-refractivity contribution >= 4 is 11.8 Å². The Hall–Kier alpha value is -2.63. The molecule has 1 aromatic heterocycles. The van der Waals surface area contributed by atoms with Crippen LogP contribution in [0.25, 0.3) is 11.4 Å². The first kappa shape index (κ1) is 17.5. The summed E-state index contributed by atoms with van der Waals surface area (Å²) in [6, 6.07) is 5.68. The molecule has 0 aliphatic heterocycles. The molecule has 1 aromatic carbocycles. The maximum absolute atomic E-state index is 11.1. The van der Waals surface area contributed by atoms with E-state index in [1.54, 1.807) is 6.07 Å². The first-order valence-electron chi connectivity index (χ1n) is 10.1. The Morgan fingerprint density at radius 2 is 1.64 bits per heavy atom. The maximum atomic E-state index is 11.1. The number of nitrogens with zero attached hydrogens (tertiary/aromatic N) is 3. The Morgan fingerprint density at radius 3 is 2.18 bits per heavy atom. The molecule has 4 bridgehead atoms. The monoisotopic (exact) mass is 379 g/mol. The van der Waals surface area contributed by atoms with Crippen LogP contribution in [0.2, 0.25) is 0 Å². The molecule has 0 saturated heterocycles. The second-order valence-electron chi connectivity index (χ2n) is 9.04. The molecule has 0 radical (unpaired) electrons. The summed E-state index contributed by atoms with van der Waals surface area (Å²) in [6.45, 7) is 0. The minimum Gasteiger partial charge on any atom is -0.508 e. The van der Waals surface area contributed by atoms with Gasteiger partial charge in [0, 0.05) is 18.2 Å². The molecule has 6 rings (SSSR count). The molecule has 4 aliphatic rings. The highest BCUT2D eigenvalue weighted by molar-refractivity contribution is 5.84. The van der Waals surface area contributed by atoms with Crippen molar-refractivity contribution in [3.63, 3.8) is 0 Å². The first-order chi connectivity index (χ1) is 13.4. The van der Waals surface area contributed by atoms with Crippen LogP contribution in [0.4, 0.5) is 10.5 Å². The zero-order valence-corrected chi connectivity index (χ0v) is 16.0. The average Bonchev–Trinajstić information content (AvgIpc) is 2.67. The van der Waals surface area contributed by atoms with Crippen LogP contribution < -0.4 is 4.90 Å². The van der Waals surface area contributed by atoms with Crippen LogP contribution >= 0.6 is 0 Å². The van der Waals surface area contributed by atoms with Gasteiger partial charge in [0.15, 0.2) is 5.82 Å². The molecule has 2 aromatic rings. The maximum Gasteiger partial charge on any atom is 0.411 e. The van der Waals surface area contributed by atoms with Gasteiger partial charge in [0.25, 0.3) is 0 Å². The van der Waals surface area contributed by atoms with E-state index in [1.807, 2.05) is 6.07 Å². The van der Waals surface area contributed by atoms with E-state index in [0.717, 1.165) is 33.8 Å². The predicted octanol–water partition coefficient (Wildman–Crippen LogP) is 4.43. The third kappa shape index (κ3) is 2.74. The Kier molecular flexibility index (Phi) is 3.86. The molecule has 4 saturated carbocycles. The molecule has 0 atom stereocenters. The summed E-state index contributed by atoms with van der Waals surface area (Å²) >= 11 is 0. The standard InChI is InChI=1S/C22H25N3O3/c1-25(21(27)28)17-11-23-20(24-12-17)16-2-3-19(26)18(7-16)22-8-13-4-14(9-22)6-15(5-13)10-22/h2-3,7,11-15,26H,4-6,8-10H2,1H3,(H,27,28). The lowest BCUT2D eigenvalue weighted by molar-refractivity contribution is -0.00611. The summed E-state index contributed by atoms with van der Waals surface area (Å²) < 4.78 is 0. The number of aromatic nitrogens is 2. The fourth-order valence-electron chi connectivity index (χ4n) is 6.29. The number of amides is 1. The third-order valence-electron chi connectivity index (χ3n) is 7.18. The quantitative estimate of drug-likeness (QED) is 0.824. The van der Waals surface area contributed by atoms with Crippen molar-refractivity contribution in [1.82, 2.24) is 9.97 Å². The van der Waals surface area contributed by atoms with Gasteiger partial charge in [-0.1, -0.05) is 0 Å². The number of hydrogen-bond donors (Lipinski definition) is 2. The molecule has 2 N–H and O–H groups in total. The van der Waals surface area contributed by atoms with E-state index >= 15 is 0 Å². The van der Waals surface area contributed by atoms with Gasteiger partial charge in [-0.25, -0.2) is 14.8 Å². The summed E-state index contributed by atoms with van der Waals surface area (Å²) in [4.78, 5) is 20.9. The van der Waals surface area contributed by atoms with Gasteiger partial charge >= 0.3 is 6.09 Å². The topological polar surface area (TPSA) is 86.6 Å². The molecule has 6 heteroatoms. The van der Waals surface area contributed by atoms with Gasteiger partial charge in [0.2, 0.25) is 0 Å². The molecule has 146 valence electrons. The predicted molar refractivity (Wildman–Crippen MR) is 105 cm³/mol. The second-order valence-corrected chi connectivity index (χ2v) is 9.04. The van der Waals surface area contributed by atoms with E-state index in [9.17, 15) is 9.90 Å². The van der Waals surface area contributed by atoms with Gasteiger partial charge in [-0.3, -0.25) is 4.90 Å². The van der Waals surface area contributed by atoms with Gasteiger partial charge < -0.3 is 10.2 Å². The van der Waals surface area contributed by atoms with E-state index in [2.05, 4.69) is 16.0 Å². The minimum atomic E-state index is -1.05. The summed E-state index contributed by atoms with van der Waals surface area (Å²) in [7, 11) is 1.46. The zero-order valence-electron chi connectivity index (χ0n) is 16.0. The van der Waals surface area contributed by atoms with Crippen molar-refractivity contribution in [2.45, 2.75) is 43.9 Å². The normalized spacial score (nSPS) is 30.4. The number of phenolic OH excluding ortho intramolecular Hbond substituents is 1. The molecular weight excluding hydrogens is 354 g/mol. The molecule has 4 fully saturated rings. The smallest absolute Gasteiger partial charge is 0.411 e. The lowest BCUT2D eigenvalue weighted by Gasteiger charge is -2.57. The Morgan fingerprint density at radius 1 is 1.07 bits per heavy atom. The fourth-order valence-corrected chi connectivity index (χ4v) is 6.29. The van der Waals surface area contributed by atoms with Crippen LogP contribution in [0.1, 0.15) is 44.1 Å². The van der Waals surface area contributed by atoms with E-state index in [1.165, 1.54) is 58.0 Å². The van der Waals surface area contributed by atoms with E-state index in [4.69, 9.17) is 5.11 Å². The van der Waals surface area contributed by atoms with Crippen LogP contribution in [-0.4, -0.2) is 33.3 Å². The minimum absolute atomic E-state index is 0.0955. The van der Waals surface area contributed by atoms with Crippen LogP contribution in [0.5, 0.6) is 5.75 Å². The number of hydrogen-bond acceptors (Lipinski definition) is 4. The van der Waals surface area contributed by atoms with Crippen molar-refractivity contribution in [3.05, 3.63) is 36.2 Å². The van der Waals surface area contributed by atoms with Crippen molar-refractivity contribution < 1.29 is 15.0 Å². The number of carbonyl (C=O) groups is 1. The highest BCUT2D eigenvalue weighted by Crippen LogP contribution is 2.62. The van der Waals surface area contributed by atoms with Gasteiger partial charge in [0.05, 0.1) is 18.1 Å². The van der Waals surface area contributed by atoms with Crippen LogP contribution in [0, 0.1) is 17.8 Å². The van der Waals surface area contributed by atoms with Crippen molar-refractivity contribution in [3.8, 4) is 17.1 Å². The Labute approximate surface area is 164 Å². The summed E-state index contributed by atoms with van der Waals surface area (Å²) in [6.07, 6.45) is 9.62. The molecule has 1 amide bonds. The molecule has 28 heavy (non-hydrogen) atoms. The van der Waals surface area contributed by atoms with Crippen LogP contribution in [-0.2, 0) is 5.41 Å². The molecule has 4 aliphatic carbocycles. The molecule has 1 heterocycles. The molecular formula is C22H25N3O3. The van der Waals surface area contributed by atoms with E-state index in [-0.39, 0.29) is 5.41 Å². The number of aromatic hydroxyl groups is 1. The van der Waals surface area contributed by atoms with Gasteiger partial charge in [-0.2, -0.15) is 0 Å². The third-order valence-corrected chi connectivity index (χ3v) is 7.18. The Bertz CT molecular complexity index is 890. The van der Waals surface area contributed by atoms with Crippen LogP contribution in [0.3, 0.4) is 0 Å².